The lowest BCUT2D eigenvalue weighted by Crippen LogP contribution is -2.05. The molecule has 118 valence electrons. The molecule has 0 bridgehead atoms. The van der Waals surface area contributed by atoms with Crippen molar-refractivity contribution in [2.24, 2.45) is 0 Å². The Morgan fingerprint density at radius 2 is 2.09 bits per heavy atom. The molecule has 0 saturated carbocycles. The number of benzene rings is 1. The van der Waals surface area contributed by atoms with E-state index in [0.29, 0.717) is 41.4 Å². The van der Waals surface area contributed by atoms with Crippen molar-refractivity contribution in [3.8, 4) is 11.5 Å². The molecule has 8 heteroatoms. The Morgan fingerprint density at radius 1 is 1.27 bits per heavy atom. The van der Waals surface area contributed by atoms with Crippen LogP contribution in [0.3, 0.4) is 0 Å². The quantitative estimate of drug-likeness (QED) is 0.756. The van der Waals surface area contributed by atoms with Crippen LogP contribution in [0, 0.1) is 0 Å². The van der Waals surface area contributed by atoms with Gasteiger partial charge in [0.15, 0.2) is 0 Å². The minimum absolute atomic E-state index is 0.206. The van der Waals surface area contributed by atoms with Crippen LogP contribution in [-0.4, -0.2) is 37.4 Å². The van der Waals surface area contributed by atoms with E-state index in [1.165, 1.54) is 6.20 Å². The summed E-state index contributed by atoms with van der Waals surface area (Å²) in [5.41, 5.74) is 6.33. The SMILES string of the molecule is COCCOc1ccc(Nc2ncc(Cl)c(N)n2)c(OC)c1. The van der Waals surface area contributed by atoms with Crippen molar-refractivity contribution in [3.63, 3.8) is 0 Å². The van der Waals surface area contributed by atoms with Crippen LogP contribution in [0.1, 0.15) is 0 Å². The molecule has 0 spiro atoms. The number of anilines is 3. The second-order valence-electron chi connectivity index (χ2n) is 4.26. The van der Waals surface area contributed by atoms with Gasteiger partial charge in [0, 0.05) is 13.2 Å². The zero-order chi connectivity index (χ0) is 15.9. The van der Waals surface area contributed by atoms with E-state index in [-0.39, 0.29) is 5.82 Å². The van der Waals surface area contributed by atoms with Crippen molar-refractivity contribution < 1.29 is 14.2 Å². The Bertz CT molecular complexity index is 639. The minimum Gasteiger partial charge on any atom is -0.494 e. The van der Waals surface area contributed by atoms with Gasteiger partial charge in [-0.3, -0.25) is 0 Å². The number of aromatic nitrogens is 2. The third-order valence-corrected chi connectivity index (χ3v) is 3.04. The van der Waals surface area contributed by atoms with Gasteiger partial charge in [0.05, 0.1) is 25.6 Å². The van der Waals surface area contributed by atoms with Crippen molar-refractivity contribution in [2.75, 3.05) is 38.5 Å². The summed E-state index contributed by atoms with van der Waals surface area (Å²) in [6, 6.07) is 5.37. The van der Waals surface area contributed by atoms with Gasteiger partial charge >= 0.3 is 0 Å². The van der Waals surface area contributed by atoms with Crippen LogP contribution in [0.25, 0.3) is 0 Å². The fourth-order valence-electron chi connectivity index (χ4n) is 1.67. The van der Waals surface area contributed by atoms with Gasteiger partial charge in [0.25, 0.3) is 0 Å². The van der Waals surface area contributed by atoms with E-state index in [0.717, 1.165) is 0 Å². The maximum Gasteiger partial charge on any atom is 0.229 e. The van der Waals surface area contributed by atoms with E-state index in [1.54, 1.807) is 32.4 Å². The second kappa shape index (κ2) is 7.67. The van der Waals surface area contributed by atoms with Crippen LogP contribution in [-0.2, 0) is 4.74 Å². The summed E-state index contributed by atoms with van der Waals surface area (Å²) >= 11 is 5.79. The first-order chi connectivity index (χ1) is 10.6. The smallest absolute Gasteiger partial charge is 0.229 e. The molecule has 2 aromatic rings. The third-order valence-electron chi connectivity index (χ3n) is 2.75. The highest BCUT2D eigenvalue weighted by Gasteiger charge is 2.08. The molecule has 0 amide bonds. The molecule has 22 heavy (non-hydrogen) atoms. The Balaban J connectivity index is 2.14. The van der Waals surface area contributed by atoms with E-state index in [1.807, 2.05) is 0 Å². The van der Waals surface area contributed by atoms with Crippen LogP contribution in [0.4, 0.5) is 17.5 Å². The van der Waals surface area contributed by atoms with E-state index in [9.17, 15) is 0 Å². The lowest BCUT2D eigenvalue weighted by atomic mass is 10.2. The second-order valence-corrected chi connectivity index (χ2v) is 4.66. The molecule has 7 nitrogen and oxygen atoms in total. The number of hydrogen-bond donors (Lipinski definition) is 2. The molecule has 0 aliphatic carbocycles. The van der Waals surface area contributed by atoms with Crippen LogP contribution in [0.2, 0.25) is 5.02 Å². The van der Waals surface area contributed by atoms with E-state index >= 15 is 0 Å². The molecule has 1 aromatic heterocycles. The average molecular weight is 325 g/mol. The number of rotatable bonds is 7. The molecular formula is C14H17ClN4O3. The number of halogens is 1. The van der Waals surface area contributed by atoms with Crippen LogP contribution < -0.4 is 20.5 Å². The lowest BCUT2D eigenvalue weighted by molar-refractivity contribution is 0.146. The standard InChI is InChI=1S/C14H17ClN4O3/c1-20-5-6-22-9-3-4-11(12(7-9)21-2)18-14-17-8-10(15)13(16)19-14/h3-4,7-8H,5-6H2,1-2H3,(H3,16,17,18,19). The molecule has 0 aliphatic heterocycles. The van der Waals surface area contributed by atoms with Gasteiger partial charge in [-0.2, -0.15) is 4.98 Å². The van der Waals surface area contributed by atoms with Crippen LogP contribution >= 0.6 is 11.6 Å². The molecule has 0 atom stereocenters. The molecule has 0 saturated heterocycles. The summed E-state index contributed by atoms with van der Waals surface area (Å²) in [6.07, 6.45) is 1.43. The highest BCUT2D eigenvalue weighted by molar-refractivity contribution is 6.32. The Hall–Kier alpha value is -2.25. The molecule has 0 unspecified atom stereocenters. The van der Waals surface area contributed by atoms with Gasteiger partial charge in [0.2, 0.25) is 5.95 Å². The maximum atomic E-state index is 5.79. The number of nitrogen functional groups attached to an aromatic ring is 1. The van der Waals surface area contributed by atoms with Gasteiger partial charge in [-0.25, -0.2) is 4.98 Å². The predicted octanol–water partition coefficient (Wildman–Crippen LogP) is 2.49. The highest BCUT2D eigenvalue weighted by Crippen LogP contribution is 2.31. The fraction of sp³-hybridized carbons (Fsp3) is 0.286. The predicted molar refractivity (Wildman–Crippen MR) is 85.1 cm³/mol. The molecule has 0 aliphatic rings. The molecule has 2 rings (SSSR count). The summed E-state index contributed by atoms with van der Waals surface area (Å²) in [5, 5.41) is 3.32. The largest absolute Gasteiger partial charge is 0.494 e. The Labute approximate surface area is 133 Å². The van der Waals surface area contributed by atoms with Crippen LogP contribution in [0.5, 0.6) is 11.5 Å². The van der Waals surface area contributed by atoms with E-state index in [4.69, 9.17) is 31.5 Å². The number of hydrogen-bond acceptors (Lipinski definition) is 7. The number of ether oxygens (including phenoxy) is 3. The van der Waals surface area contributed by atoms with Gasteiger partial charge < -0.3 is 25.3 Å². The molecule has 1 aromatic carbocycles. The Kier molecular flexibility index (Phi) is 5.62. The molecule has 1 heterocycles. The number of methoxy groups -OCH3 is 2. The van der Waals surface area contributed by atoms with Crippen molar-refractivity contribution >= 4 is 29.1 Å². The summed E-state index contributed by atoms with van der Waals surface area (Å²) in [6.45, 7) is 0.976. The first-order valence-corrected chi connectivity index (χ1v) is 6.86. The zero-order valence-corrected chi connectivity index (χ0v) is 13.1. The summed E-state index contributed by atoms with van der Waals surface area (Å²) < 4.78 is 15.8. The number of nitrogens with one attached hydrogen (secondary N) is 1. The minimum atomic E-state index is 0.206. The first-order valence-electron chi connectivity index (χ1n) is 6.49. The lowest BCUT2D eigenvalue weighted by Gasteiger charge is -2.12. The number of nitrogens with two attached hydrogens (primary N) is 1. The topological polar surface area (TPSA) is 91.5 Å². The molecule has 0 fully saturated rings. The van der Waals surface area contributed by atoms with Crippen molar-refractivity contribution in [1.29, 1.82) is 0 Å². The third kappa shape index (κ3) is 4.12. The molecule has 3 N–H and O–H groups in total. The zero-order valence-electron chi connectivity index (χ0n) is 12.3. The average Bonchev–Trinajstić information content (AvgIpc) is 2.52. The van der Waals surface area contributed by atoms with Gasteiger partial charge in [-0.05, 0) is 12.1 Å². The number of nitrogens with zero attached hydrogens (tertiary/aromatic N) is 2. The monoisotopic (exact) mass is 324 g/mol. The highest BCUT2D eigenvalue weighted by atomic mass is 35.5. The summed E-state index contributed by atoms with van der Waals surface area (Å²) in [4.78, 5) is 8.10. The maximum absolute atomic E-state index is 5.79. The van der Waals surface area contributed by atoms with Gasteiger partial charge in [-0.15, -0.1) is 0 Å². The van der Waals surface area contributed by atoms with Crippen molar-refractivity contribution in [3.05, 3.63) is 29.4 Å². The van der Waals surface area contributed by atoms with Crippen molar-refractivity contribution in [1.82, 2.24) is 9.97 Å². The van der Waals surface area contributed by atoms with Gasteiger partial charge in [-0.1, -0.05) is 11.6 Å². The first kappa shape index (κ1) is 16.1. The van der Waals surface area contributed by atoms with E-state index < -0.39 is 0 Å². The van der Waals surface area contributed by atoms with Crippen LogP contribution in [0.15, 0.2) is 24.4 Å². The molecular weight excluding hydrogens is 308 g/mol. The normalized spacial score (nSPS) is 10.3. The van der Waals surface area contributed by atoms with Gasteiger partial charge in [0.1, 0.15) is 28.9 Å². The summed E-state index contributed by atoms with van der Waals surface area (Å²) in [5.74, 6) is 1.80. The van der Waals surface area contributed by atoms with Crippen molar-refractivity contribution in [2.45, 2.75) is 0 Å². The fourth-order valence-corrected chi connectivity index (χ4v) is 1.76. The Morgan fingerprint density at radius 3 is 2.77 bits per heavy atom. The van der Waals surface area contributed by atoms with E-state index in [2.05, 4.69) is 15.3 Å². The summed E-state index contributed by atoms with van der Waals surface area (Å²) in [7, 11) is 3.19. The molecule has 0 radical (unpaired) electrons.